The highest BCUT2D eigenvalue weighted by Gasteiger charge is 2.33. The van der Waals surface area contributed by atoms with Crippen molar-refractivity contribution >= 4 is 11.6 Å². The number of hydrazine groups is 1. The lowest BCUT2D eigenvalue weighted by Gasteiger charge is -2.39. The number of carbonyl (C=O) groups is 1. The maximum atomic E-state index is 12.3. The molecule has 1 atom stereocenters. The van der Waals surface area contributed by atoms with Crippen molar-refractivity contribution in [2.24, 2.45) is 11.3 Å². The van der Waals surface area contributed by atoms with Crippen LogP contribution in [0.1, 0.15) is 49.9 Å². The molecule has 1 heterocycles. The summed E-state index contributed by atoms with van der Waals surface area (Å²) in [7, 11) is 0. The van der Waals surface area contributed by atoms with Gasteiger partial charge in [-0.25, -0.2) is 0 Å². The number of rotatable bonds is 3. The van der Waals surface area contributed by atoms with Gasteiger partial charge in [-0.15, -0.1) is 0 Å². The van der Waals surface area contributed by atoms with Crippen molar-refractivity contribution < 1.29 is 4.79 Å². The summed E-state index contributed by atoms with van der Waals surface area (Å²) in [6, 6.07) is 1.90. The fourth-order valence-corrected chi connectivity index (χ4v) is 2.71. The van der Waals surface area contributed by atoms with Gasteiger partial charge < -0.3 is 10.7 Å². The van der Waals surface area contributed by atoms with Gasteiger partial charge in [0, 0.05) is 12.2 Å². The summed E-state index contributed by atoms with van der Waals surface area (Å²) >= 11 is 0. The van der Waals surface area contributed by atoms with Crippen molar-refractivity contribution in [3.63, 3.8) is 0 Å². The van der Waals surface area contributed by atoms with E-state index in [1.165, 1.54) is 12.8 Å². The van der Waals surface area contributed by atoms with Gasteiger partial charge in [-0.3, -0.25) is 15.6 Å². The Morgan fingerprint density at radius 1 is 1.47 bits per heavy atom. The van der Waals surface area contributed by atoms with Crippen LogP contribution < -0.4 is 16.6 Å². The van der Waals surface area contributed by atoms with E-state index in [2.05, 4.69) is 29.6 Å². The fraction of sp³-hybridized carbons (Fsp3) is 0.571. The van der Waals surface area contributed by atoms with E-state index in [0.717, 1.165) is 12.8 Å². The van der Waals surface area contributed by atoms with Crippen LogP contribution in [0.25, 0.3) is 0 Å². The van der Waals surface area contributed by atoms with Gasteiger partial charge in [-0.05, 0) is 24.3 Å². The fourth-order valence-electron chi connectivity index (χ4n) is 2.71. The van der Waals surface area contributed by atoms with E-state index >= 15 is 0 Å². The number of hydrogen-bond acceptors (Lipinski definition) is 4. The lowest BCUT2D eigenvalue weighted by atomic mass is 9.73. The number of aromatic nitrogens is 1. The Morgan fingerprint density at radius 3 is 2.95 bits per heavy atom. The summed E-state index contributed by atoms with van der Waals surface area (Å²) in [5.74, 6) is 5.32. The number of pyridine rings is 1. The van der Waals surface area contributed by atoms with Crippen LogP contribution in [-0.4, -0.2) is 16.9 Å². The first kappa shape index (κ1) is 13.8. The first-order chi connectivity index (χ1) is 9.04. The number of nitrogens with two attached hydrogens (primary N) is 1. The minimum atomic E-state index is -0.0877. The minimum absolute atomic E-state index is 0.0877. The number of anilines is 1. The van der Waals surface area contributed by atoms with Gasteiger partial charge in [0.05, 0.1) is 17.4 Å². The maximum Gasteiger partial charge on any atom is 0.253 e. The Labute approximate surface area is 114 Å². The molecular formula is C14H22N4O. The number of nitrogens with zero attached hydrogens (tertiary/aromatic N) is 1. The van der Waals surface area contributed by atoms with Crippen LogP contribution in [0.3, 0.4) is 0 Å². The average molecular weight is 262 g/mol. The van der Waals surface area contributed by atoms with E-state index in [-0.39, 0.29) is 17.4 Å². The smallest absolute Gasteiger partial charge is 0.253 e. The number of nitrogen functional groups attached to an aromatic ring is 1. The number of hydrogen-bond donors (Lipinski definition) is 3. The standard InChI is InChI=1S/C14H22N4O/c1-14(2)7-4-3-5-12(14)17-13(19)10-6-8-16-9-11(10)18-15/h6,8-9,12,18H,3-5,7,15H2,1-2H3,(H,17,19). The molecule has 1 unspecified atom stereocenters. The Hall–Kier alpha value is -1.62. The van der Waals surface area contributed by atoms with Gasteiger partial charge in [0.25, 0.3) is 5.91 Å². The van der Waals surface area contributed by atoms with Crippen LogP contribution in [-0.2, 0) is 0 Å². The van der Waals surface area contributed by atoms with Crippen molar-refractivity contribution in [3.05, 3.63) is 24.0 Å². The molecule has 0 aliphatic heterocycles. The van der Waals surface area contributed by atoms with Crippen LogP contribution >= 0.6 is 0 Å². The highest BCUT2D eigenvalue weighted by atomic mass is 16.1. The third kappa shape index (κ3) is 3.04. The highest BCUT2D eigenvalue weighted by molar-refractivity contribution is 5.99. The predicted molar refractivity (Wildman–Crippen MR) is 75.6 cm³/mol. The molecule has 5 nitrogen and oxygen atoms in total. The van der Waals surface area contributed by atoms with E-state index in [1.807, 2.05) is 0 Å². The Morgan fingerprint density at radius 2 is 2.26 bits per heavy atom. The molecule has 1 aliphatic rings. The second kappa shape index (κ2) is 5.57. The molecule has 19 heavy (non-hydrogen) atoms. The third-order valence-corrected chi connectivity index (χ3v) is 4.03. The van der Waals surface area contributed by atoms with E-state index in [0.29, 0.717) is 11.3 Å². The first-order valence-corrected chi connectivity index (χ1v) is 6.76. The van der Waals surface area contributed by atoms with Gasteiger partial charge in [-0.1, -0.05) is 26.7 Å². The van der Waals surface area contributed by atoms with Crippen LogP contribution in [0.5, 0.6) is 0 Å². The van der Waals surface area contributed by atoms with E-state index in [1.54, 1.807) is 18.5 Å². The molecule has 0 saturated heterocycles. The van der Waals surface area contributed by atoms with Crippen LogP contribution in [0.4, 0.5) is 5.69 Å². The largest absolute Gasteiger partial charge is 0.349 e. The second-order valence-electron chi connectivity index (χ2n) is 5.83. The Balaban J connectivity index is 2.12. The van der Waals surface area contributed by atoms with E-state index in [9.17, 15) is 4.79 Å². The Kier molecular flexibility index (Phi) is 4.04. The first-order valence-electron chi connectivity index (χ1n) is 6.76. The van der Waals surface area contributed by atoms with Crippen LogP contribution in [0.15, 0.2) is 18.5 Å². The maximum absolute atomic E-state index is 12.3. The molecule has 1 aromatic heterocycles. The zero-order chi connectivity index (χ0) is 13.9. The lowest BCUT2D eigenvalue weighted by Crippen LogP contribution is -2.47. The van der Waals surface area contributed by atoms with Crippen molar-refractivity contribution in [2.75, 3.05) is 5.43 Å². The molecule has 0 radical (unpaired) electrons. The summed E-state index contributed by atoms with van der Waals surface area (Å²) in [4.78, 5) is 16.3. The summed E-state index contributed by atoms with van der Waals surface area (Å²) in [5, 5.41) is 3.14. The van der Waals surface area contributed by atoms with Gasteiger partial charge in [0.1, 0.15) is 0 Å². The molecule has 2 rings (SSSR count). The van der Waals surface area contributed by atoms with Gasteiger partial charge in [0.2, 0.25) is 0 Å². The van der Waals surface area contributed by atoms with E-state index in [4.69, 9.17) is 5.84 Å². The van der Waals surface area contributed by atoms with Gasteiger partial charge >= 0.3 is 0 Å². The zero-order valence-corrected chi connectivity index (χ0v) is 11.6. The second-order valence-corrected chi connectivity index (χ2v) is 5.83. The predicted octanol–water partition coefficient (Wildman–Crippen LogP) is 2.07. The van der Waals surface area contributed by atoms with Crippen LogP contribution in [0.2, 0.25) is 0 Å². The topological polar surface area (TPSA) is 80.0 Å². The van der Waals surface area contributed by atoms with Crippen molar-refractivity contribution in [1.29, 1.82) is 0 Å². The summed E-state index contributed by atoms with van der Waals surface area (Å²) < 4.78 is 0. The number of carbonyl (C=O) groups excluding carboxylic acids is 1. The van der Waals surface area contributed by atoms with Crippen molar-refractivity contribution in [1.82, 2.24) is 10.3 Å². The molecule has 1 fully saturated rings. The zero-order valence-electron chi connectivity index (χ0n) is 11.6. The summed E-state index contributed by atoms with van der Waals surface area (Å²) in [5.41, 5.74) is 3.75. The molecular weight excluding hydrogens is 240 g/mol. The molecule has 104 valence electrons. The van der Waals surface area contributed by atoms with Crippen molar-refractivity contribution in [2.45, 2.75) is 45.6 Å². The normalized spacial score (nSPS) is 21.7. The monoisotopic (exact) mass is 262 g/mol. The third-order valence-electron chi connectivity index (χ3n) is 4.03. The minimum Gasteiger partial charge on any atom is -0.349 e. The summed E-state index contributed by atoms with van der Waals surface area (Å²) in [6.45, 7) is 4.43. The molecule has 4 N–H and O–H groups in total. The van der Waals surface area contributed by atoms with Gasteiger partial charge in [0.15, 0.2) is 0 Å². The number of nitrogens with one attached hydrogen (secondary N) is 2. The van der Waals surface area contributed by atoms with Crippen molar-refractivity contribution in [3.8, 4) is 0 Å². The molecule has 1 amide bonds. The highest BCUT2D eigenvalue weighted by Crippen LogP contribution is 2.35. The molecule has 1 aliphatic carbocycles. The SMILES string of the molecule is CC1(C)CCCCC1NC(=O)c1ccncc1NN. The quantitative estimate of drug-likeness (QED) is 0.575. The van der Waals surface area contributed by atoms with E-state index < -0.39 is 0 Å². The Bertz CT molecular complexity index is 459. The van der Waals surface area contributed by atoms with Crippen LogP contribution in [0, 0.1) is 5.41 Å². The molecule has 0 spiro atoms. The molecule has 5 heteroatoms. The lowest BCUT2D eigenvalue weighted by molar-refractivity contribution is 0.0854. The molecule has 1 aromatic rings. The van der Waals surface area contributed by atoms with Gasteiger partial charge in [-0.2, -0.15) is 0 Å². The molecule has 1 saturated carbocycles. The average Bonchev–Trinajstić information content (AvgIpc) is 2.41. The summed E-state index contributed by atoms with van der Waals surface area (Å²) in [6.07, 6.45) is 7.76. The number of amides is 1. The molecule has 0 aromatic carbocycles. The molecule has 0 bridgehead atoms.